The summed E-state index contributed by atoms with van der Waals surface area (Å²) in [4.78, 5) is 58.2. The van der Waals surface area contributed by atoms with Crippen molar-refractivity contribution in [1.82, 2.24) is 14.7 Å². The molecule has 1 aromatic heterocycles. The molecule has 1 aromatic carbocycles. The molecule has 0 spiro atoms. The Morgan fingerprint density at radius 3 is 2.42 bits per heavy atom. The zero-order valence-electron chi connectivity index (χ0n) is 18.4. The van der Waals surface area contributed by atoms with Gasteiger partial charge in [-0.3, -0.25) is 24.1 Å². The summed E-state index contributed by atoms with van der Waals surface area (Å²) in [5, 5.41) is 9.53. The normalized spacial score (nSPS) is 29.2. The Morgan fingerprint density at radius 2 is 1.79 bits per heavy atom. The number of furan rings is 1. The van der Waals surface area contributed by atoms with Crippen LogP contribution in [0.15, 0.2) is 46.9 Å². The number of hydrogen-bond donors (Lipinski definition) is 1. The molecule has 5 rings (SSSR count). The van der Waals surface area contributed by atoms with E-state index >= 15 is 0 Å². The Labute approximate surface area is 190 Å². The molecule has 3 saturated heterocycles. The molecule has 9 nitrogen and oxygen atoms in total. The number of imide groups is 1. The van der Waals surface area contributed by atoms with Gasteiger partial charge >= 0.3 is 0 Å². The van der Waals surface area contributed by atoms with Crippen LogP contribution in [-0.2, 0) is 25.6 Å². The number of aliphatic hydroxyl groups excluding tert-OH is 1. The van der Waals surface area contributed by atoms with Crippen LogP contribution < -0.4 is 0 Å². The van der Waals surface area contributed by atoms with Gasteiger partial charge in [0.05, 0.1) is 25.0 Å². The van der Waals surface area contributed by atoms with E-state index in [9.17, 15) is 24.3 Å². The fourth-order valence-corrected chi connectivity index (χ4v) is 5.81. The molecule has 33 heavy (non-hydrogen) atoms. The molecule has 1 N–H and O–H groups in total. The van der Waals surface area contributed by atoms with Gasteiger partial charge in [-0.2, -0.15) is 0 Å². The minimum absolute atomic E-state index is 0.0329. The van der Waals surface area contributed by atoms with E-state index in [1.54, 1.807) is 19.1 Å². The van der Waals surface area contributed by atoms with Gasteiger partial charge in [0.2, 0.25) is 23.6 Å². The van der Waals surface area contributed by atoms with Crippen LogP contribution in [0.2, 0.25) is 0 Å². The number of aliphatic hydroxyl groups is 1. The predicted molar refractivity (Wildman–Crippen MR) is 114 cm³/mol. The summed E-state index contributed by atoms with van der Waals surface area (Å²) in [7, 11) is 1.41. The van der Waals surface area contributed by atoms with Gasteiger partial charge in [0.25, 0.3) is 0 Å². The number of likely N-dealkylation sites (tertiary alicyclic amines) is 1. The summed E-state index contributed by atoms with van der Waals surface area (Å²) in [6.45, 7) is 1.17. The van der Waals surface area contributed by atoms with E-state index in [0.29, 0.717) is 11.5 Å². The molecule has 3 aliphatic heterocycles. The maximum atomic E-state index is 14.1. The quantitative estimate of drug-likeness (QED) is 0.664. The average Bonchev–Trinajstić information content (AvgIpc) is 3.42. The Morgan fingerprint density at radius 1 is 1.06 bits per heavy atom. The highest BCUT2D eigenvalue weighted by Gasteiger charge is 2.74. The van der Waals surface area contributed by atoms with E-state index in [2.05, 4.69) is 0 Å². The number of rotatable bonds is 5. The first-order valence-electron chi connectivity index (χ1n) is 11.0. The van der Waals surface area contributed by atoms with Crippen molar-refractivity contribution in [2.24, 2.45) is 11.8 Å². The van der Waals surface area contributed by atoms with Crippen molar-refractivity contribution in [2.75, 3.05) is 26.7 Å². The Kier molecular flexibility index (Phi) is 4.89. The SMILES string of the molecule is Cc1ccc(C2C3C(=O)N(C)C(=O)C3[C@]3(Cc4ccccc4)C(=O)N(CCO)CC(=O)N23)o1. The molecule has 4 heterocycles. The highest BCUT2D eigenvalue weighted by molar-refractivity contribution is 6.12. The largest absolute Gasteiger partial charge is 0.464 e. The average molecular weight is 451 g/mol. The molecule has 0 saturated carbocycles. The van der Waals surface area contributed by atoms with E-state index in [4.69, 9.17) is 4.42 Å². The summed E-state index contributed by atoms with van der Waals surface area (Å²) in [6, 6.07) is 11.7. The highest BCUT2D eigenvalue weighted by Crippen LogP contribution is 2.57. The van der Waals surface area contributed by atoms with E-state index in [1.165, 1.54) is 16.8 Å². The molecule has 3 unspecified atom stereocenters. The Bertz CT molecular complexity index is 1140. The number of piperazine rings is 1. The maximum Gasteiger partial charge on any atom is 0.250 e. The number of β-amino-alcohol motifs (C(OH)–C–C–N with tert-alkyl or cyclic N) is 1. The monoisotopic (exact) mass is 451 g/mol. The lowest BCUT2D eigenvalue weighted by Gasteiger charge is -2.48. The summed E-state index contributed by atoms with van der Waals surface area (Å²) < 4.78 is 5.86. The zero-order valence-corrected chi connectivity index (χ0v) is 18.4. The first kappa shape index (κ1) is 21.4. The van der Waals surface area contributed by atoms with Crippen molar-refractivity contribution in [3.8, 4) is 0 Å². The van der Waals surface area contributed by atoms with E-state index in [1.807, 2.05) is 30.3 Å². The van der Waals surface area contributed by atoms with Gasteiger partial charge < -0.3 is 19.3 Å². The molecule has 0 aliphatic carbocycles. The van der Waals surface area contributed by atoms with Crippen molar-refractivity contribution in [3.63, 3.8) is 0 Å². The maximum absolute atomic E-state index is 14.1. The number of benzene rings is 1. The lowest BCUT2D eigenvalue weighted by molar-refractivity contribution is -0.169. The molecule has 172 valence electrons. The fourth-order valence-electron chi connectivity index (χ4n) is 5.81. The standard InChI is InChI=1S/C24H25N3O6/c1-14-8-9-16(33-14)20-18-19(22(31)25(2)21(18)30)24(12-15-6-4-3-5-7-15)23(32)26(10-11-28)13-17(29)27(20)24/h3-9,18-20,28H,10-13H2,1-2H3/t18?,19?,20?,24-/m1/s1. The van der Waals surface area contributed by atoms with Crippen LogP contribution in [0.3, 0.4) is 0 Å². The third-order valence-electron chi connectivity index (χ3n) is 7.13. The van der Waals surface area contributed by atoms with Gasteiger partial charge in [0.1, 0.15) is 23.1 Å². The number of amides is 4. The van der Waals surface area contributed by atoms with Crippen LogP contribution in [0, 0.1) is 18.8 Å². The number of hydrogen-bond acceptors (Lipinski definition) is 6. The van der Waals surface area contributed by atoms with Crippen LogP contribution >= 0.6 is 0 Å². The molecule has 0 bridgehead atoms. The van der Waals surface area contributed by atoms with Gasteiger partial charge in [-0.1, -0.05) is 30.3 Å². The van der Waals surface area contributed by atoms with Gasteiger partial charge in [-0.25, -0.2) is 0 Å². The smallest absolute Gasteiger partial charge is 0.250 e. The molecule has 4 amide bonds. The number of nitrogens with zero attached hydrogens (tertiary/aromatic N) is 3. The van der Waals surface area contributed by atoms with E-state index in [0.717, 1.165) is 10.5 Å². The van der Waals surface area contributed by atoms with Crippen molar-refractivity contribution < 1.29 is 28.7 Å². The fraction of sp³-hybridized carbons (Fsp3) is 0.417. The predicted octanol–water partition coefficient (Wildman–Crippen LogP) is 0.518. The topological polar surface area (TPSA) is 111 Å². The summed E-state index contributed by atoms with van der Waals surface area (Å²) in [5.74, 6) is -2.73. The minimum atomic E-state index is -1.60. The van der Waals surface area contributed by atoms with Crippen LogP contribution in [0.4, 0.5) is 0 Å². The summed E-state index contributed by atoms with van der Waals surface area (Å²) >= 11 is 0. The molecule has 3 aliphatic rings. The number of carbonyl (C=O) groups is 4. The summed E-state index contributed by atoms with van der Waals surface area (Å²) in [6.07, 6.45) is 0.0740. The second-order valence-corrected chi connectivity index (χ2v) is 8.93. The van der Waals surface area contributed by atoms with Crippen LogP contribution in [0.1, 0.15) is 23.1 Å². The lowest BCUT2D eigenvalue weighted by Crippen LogP contribution is -2.70. The zero-order chi connectivity index (χ0) is 23.5. The van der Waals surface area contributed by atoms with Crippen LogP contribution in [-0.4, -0.2) is 75.7 Å². The second-order valence-electron chi connectivity index (χ2n) is 8.93. The Hall–Kier alpha value is -3.46. The molecule has 4 atom stereocenters. The van der Waals surface area contributed by atoms with Gasteiger partial charge in [0.15, 0.2) is 0 Å². The van der Waals surface area contributed by atoms with E-state index < -0.39 is 41.1 Å². The highest BCUT2D eigenvalue weighted by atomic mass is 16.3. The van der Waals surface area contributed by atoms with Crippen molar-refractivity contribution in [1.29, 1.82) is 0 Å². The van der Waals surface area contributed by atoms with Gasteiger partial charge in [0, 0.05) is 20.0 Å². The van der Waals surface area contributed by atoms with Gasteiger partial charge in [-0.15, -0.1) is 0 Å². The molecule has 2 aromatic rings. The molecular formula is C24H25N3O6. The molecule has 9 heteroatoms. The number of fused-ring (bicyclic) bond motifs is 3. The lowest BCUT2D eigenvalue weighted by atomic mass is 9.74. The number of aryl methyl sites for hydroxylation is 1. The van der Waals surface area contributed by atoms with Gasteiger partial charge in [-0.05, 0) is 24.6 Å². The van der Waals surface area contributed by atoms with Crippen molar-refractivity contribution >= 4 is 23.6 Å². The third-order valence-corrected chi connectivity index (χ3v) is 7.13. The van der Waals surface area contributed by atoms with E-state index in [-0.39, 0.29) is 32.0 Å². The Balaban J connectivity index is 1.76. The minimum Gasteiger partial charge on any atom is -0.464 e. The molecular weight excluding hydrogens is 426 g/mol. The van der Waals surface area contributed by atoms with Crippen LogP contribution in [0.25, 0.3) is 0 Å². The second kappa shape index (κ2) is 7.55. The summed E-state index contributed by atoms with van der Waals surface area (Å²) in [5.41, 5.74) is -0.835. The third kappa shape index (κ3) is 2.88. The first-order chi connectivity index (χ1) is 15.8. The van der Waals surface area contributed by atoms with Crippen LogP contribution in [0.5, 0.6) is 0 Å². The first-order valence-corrected chi connectivity index (χ1v) is 11.0. The van der Waals surface area contributed by atoms with Crippen molar-refractivity contribution in [3.05, 3.63) is 59.5 Å². The number of carbonyl (C=O) groups excluding carboxylic acids is 4. The molecule has 3 fully saturated rings. The van der Waals surface area contributed by atoms with Crippen molar-refractivity contribution in [2.45, 2.75) is 24.9 Å². The molecule has 0 radical (unpaired) electrons.